The SMILES string of the molecule is Cc1ccccc1CNC(=O)C1CCC(C(=O)N(C)Cc2ccccc2)CC1. The second-order valence-electron chi connectivity index (χ2n) is 7.87. The van der Waals surface area contributed by atoms with Crippen LogP contribution in [0.3, 0.4) is 0 Å². The third-order valence-corrected chi connectivity index (χ3v) is 5.80. The van der Waals surface area contributed by atoms with E-state index in [9.17, 15) is 9.59 Å². The van der Waals surface area contributed by atoms with Crippen LogP contribution in [0.25, 0.3) is 0 Å². The molecule has 4 heteroatoms. The zero-order chi connectivity index (χ0) is 19.9. The molecule has 2 aromatic carbocycles. The number of carbonyl (C=O) groups is 2. The Labute approximate surface area is 167 Å². The highest BCUT2D eigenvalue weighted by atomic mass is 16.2. The minimum Gasteiger partial charge on any atom is -0.352 e. The standard InChI is InChI=1S/C24H30N2O2/c1-18-8-6-7-11-22(18)16-25-23(27)20-12-14-21(15-13-20)24(28)26(2)17-19-9-4-3-5-10-19/h3-11,20-21H,12-17H2,1-2H3,(H,25,27). The van der Waals surface area contributed by atoms with Gasteiger partial charge in [0.1, 0.15) is 0 Å². The van der Waals surface area contributed by atoms with E-state index in [1.807, 2.05) is 60.5 Å². The fraction of sp³-hybridized carbons (Fsp3) is 0.417. The third-order valence-electron chi connectivity index (χ3n) is 5.80. The highest BCUT2D eigenvalue weighted by molar-refractivity contribution is 5.81. The van der Waals surface area contributed by atoms with Crippen molar-refractivity contribution in [3.63, 3.8) is 0 Å². The van der Waals surface area contributed by atoms with Crippen LogP contribution in [0.15, 0.2) is 54.6 Å². The monoisotopic (exact) mass is 378 g/mol. The summed E-state index contributed by atoms with van der Waals surface area (Å²) in [5, 5.41) is 3.07. The van der Waals surface area contributed by atoms with Crippen molar-refractivity contribution in [3.8, 4) is 0 Å². The lowest BCUT2D eigenvalue weighted by molar-refractivity contribution is -0.137. The lowest BCUT2D eigenvalue weighted by Gasteiger charge is -2.30. The van der Waals surface area contributed by atoms with Crippen molar-refractivity contribution in [2.45, 2.75) is 45.7 Å². The molecular formula is C24H30N2O2. The Morgan fingerprint density at radius 2 is 1.54 bits per heavy atom. The van der Waals surface area contributed by atoms with Gasteiger partial charge < -0.3 is 10.2 Å². The smallest absolute Gasteiger partial charge is 0.225 e. The first kappa shape index (κ1) is 20.1. The molecule has 0 bridgehead atoms. The summed E-state index contributed by atoms with van der Waals surface area (Å²) in [7, 11) is 1.87. The zero-order valence-corrected chi connectivity index (χ0v) is 16.9. The normalized spacial score (nSPS) is 19.1. The number of hydrogen-bond acceptors (Lipinski definition) is 2. The van der Waals surface area contributed by atoms with Crippen LogP contribution >= 0.6 is 0 Å². The Hall–Kier alpha value is -2.62. The Kier molecular flexibility index (Phi) is 6.85. The van der Waals surface area contributed by atoms with Gasteiger partial charge in [-0.3, -0.25) is 9.59 Å². The van der Waals surface area contributed by atoms with Crippen molar-refractivity contribution in [1.29, 1.82) is 0 Å². The average molecular weight is 379 g/mol. The summed E-state index contributed by atoms with van der Waals surface area (Å²) in [6.07, 6.45) is 3.16. The molecular weight excluding hydrogens is 348 g/mol. The maximum atomic E-state index is 12.8. The lowest BCUT2D eigenvalue weighted by atomic mass is 9.81. The maximum Gasteiger partial charge on any atom is 0.225 e. The molecule has 4 nitrogen and oxygen atoms in total. The highest BCUT2D eigenvalue weighted by Crippen LogP contribution is 2.30. The van der Waals surface area contributed by atoms with Crippen LogP contribution in [0.5, 0.6) is 0 Å². The summed E-state index contributed by atoms with van der Waals surface area (Å²) in [5.74, 6) is 0.371. The van der Waals surface area contributed by atoms with Crippen LogP contribution in [0.2, 0.25) is 0 Å². The third kappa shape index (κ3) is 5.22. The number of nitrogens with zero attached hydrogens (tertiary/aromatic N) is 1. The number of rotatable bonds is 6. The fourth-order valence-corrected chi connectivity index (χ4v) is 3.98. The van der Waals surface area contributed by atoms with E-state index in [4.69, 9.17) is 0 Å². The Morgan fingerprint density at radius 1 is 0.929 bits per heavy atom. The summed E-state index contributed by atoms with van der Waals surface area (Å²) < 4.78 is 0. The fourth-order valence-electron chi connectivity index (χ4n) is 3.98. The van der Waals surface area contributed by atoms with E-state index in [1.54, 1.807) is 0 Å². The molecule has 0 unspecified atom stereocenters. The molecule has 0 spiro atoms. The first-order chi connectivity index (χ1) is 13.5. The van der Waals surface area contributed by atoms with Crippen molar-refractivity contribution in [2.24, 2.45) is 11.8 Å². The second-order valence-corrected chi connectivity index (χ2v) is 7.87. The summed E-state index contributed by atoms with van der Waals surface area (Å²) in [4.78, 5) is 27.1. The quantitative estimate of drug-likeness (QED) is 0.823. The molecule has 1 aliphatic carbocycles. The van der Waals surface area contributed by atoms with Crippen LogP contribution in [0, 0.1) is 18.8 Å². The van der Waals surface area contributed by atoms with Crippen LogP contribution < -0.4 is 5.32 Å². The summed E-state index contributed by atoms with van der Waals surface area (Å²) in [6, 6.07) is 18.2. The number of hydrogen-bond donors (Lipinski definition) is 1. The van der Waals surface area contributed by atoms with Gasteiger partial charge in [-0.1, -0.05) is 54.6 Å². The molecule has 2 amide bonds. The topological polar surface area (TPSA) is 49.4 Å². The van der Waals surface area contributed by atoms with Crippen molar-refractivity contribution in [1.82, 2.24) is 10.2 Å². The van der Waals surface area contributed by atoms with E-state index in [2.05, 4.69) is 18.3 Å². The molecule has 1 N–H and O–H groups in total. The molecule has 148 valence electrons. The minimum atomic E-state index is 0.0208. The first-order valence-electron chi connectivity index (χ1n) is 10.2. The van der Waals surface area contributed by atoms with Gasteiger partial charge in [-0.05, 0) is 49.3 Å². The van der Waals surface area contributed by atoms with E-state index in [0.29, 0.717) is 13.1 Å². The van der Waals surface area contributed by atoms with Gasteiger partial charge >= 0.3 is 0 Å². The average Bonchev–Trinajstić information content (AvgIpc) is 2.73. The molecule has 3 rings (SSSR count). The van der Waals surface area contributed by atoms with Crippen molar-refractivity contribution in [2.75, 3.05) is 7.05 Å². The minimum absolute atomic E-state index is 0.0208. The van der Waals surface area contributed by atoms with E-state index < -0.39 is 0 Å². The number of nitrogens with one attached hydrogen (secondary N) is 1. The summed E-state index contributed by atoms with van der Waals surface area (Å²) >= 11 is 0. The Balaban J connectivity index is 1.45. The lowest BCUT2D eigenvalue weighted by Crippen LogP contribution is -2.38. The molecule has 2 aromatic rings. The predicted molar refractivity (Wildman–Crippen MR) is 111 cm³/mol. The first-order valence-corrected chi connectivity index (χ1v) is 10.2. The Morgan fingerprint density at radius 3 is 2.21 bits per heavy atom. The molecule has 1 saturated carbocycles. The zero-order valence-electron chi connectivity index (χ0n) is 16.9. The van der Waals surface area contributed by atoms with Crippen molar-refractivity contribution < 1.29 is 9.59 Å². The van der Waals surface area contributed by atoms with E-state index in [1.165, 1.54) is 5.56 Å². The Bertz CT molecular complexity index is 795. The van der Waals surface area contributed by atoms with Gasteiger partial charge in [0, 0.05) is 32.0 Å². The molecule has 0 aromatic heterocycles. The van der Waals surface area contributed by atoms with Crippen LogP contribution in [-0.4, -0.2) is 23.8 Å². The van der Waals surface area contributed by atoms with Gasteiger partial charge in [0.15, 0.2) is 0 Å². The van der Waals surface area contributed by atoms with Crippen LogP contribution in [0.4, 0.5) is 0 Å². The van der Waals surface area contributed by atoms with E-state index in [0.717, 1.165) is 36.8 Å². The van der Waals surface area contributed by atoms with Gasteiger partial charge in [0.2, 0.25) is 11.8 Å². The molecule has 0 atom stereocenters. The van der Waals surface area contributed by atoms with Gasteiger partial charge in [0.05, 0.1) is 0 Å². The van der Waals surface area contributed by atoms with Crippen LogP contribution in [-0.2, 0) is 22.7 Å². The molecule has 0 aliphatic heterocycles. The predicted octanol–water partition coefficient (Wildman–Crippen LogP) is 4.08. The maximum absolute atomic E-state index is 12.8. The van der Waals surface area contributed by atoms with E-state index >= 15 is 0 Å². The second kappa shape index (κ2) is 9.54. The van der Waals surface area contributed by atoms with Crippen molar-refractivity contribution >= 4 is 11.8 Å². The summed E-state index contributed by atoms with van der Waals surface area (Å²) in [5.41, 5.74) is 3.49. The molecule has 0 heterocycles. The van der Waals surface area contributed by atoms with Crippen LogP contribution in [0.1, 0.15) is 42.4 Å². The van der Waals surface area contributed by atoms with Gasteiger partial charge in [-0.15, -0.1) is 0 Å². The number of benzene rings is 2. The molecule has 0 saturated heterocycles. The molecule has 1 aliphatic rings. The van der Waals surface area contributed by atoms with Crippen molar-refractivity contribution in [3.05, 3.63) is 71.3 Å². The van der Waals surface area contributed by atoms with Gasteiger partial charge in [-0.2, -0.15) is 0 Å². The molecule has 1 fully saturated rings. The van der Waals surface area contributed by atoms with Gasteiger partial charge in [0.25, 0.3) is 0 Å². The number of carbonyl (C=O) groups excluding carboxylic acids is 2. The highest BCUT2D eigenvalue weighted by Gasteiger charge is 2.31. The molecule has 0 radical (unpaired) electrons. The number of amides is 2. The molecule has 28 heavy (non-hydrogen) atoms. The van der Waals surface area contributed by atoms with E-state index in [-0.39, 0.29) is 23.7 Å². The largest absolute Gasteiger partial charge is 0.352 e. The van der Waals surface area contributed by atoms with Gasteiger partial charge in [-0.25, -0.2) is 0 Å². The number of aryl methyl sites for hydroxylation is 1. The summed E-state index contributed by atoms with van der Waals surface area (Å²) in [6.45, 7) is 3.27.